The van der Waals surface area contributed by atoms with Crippen LogP contribution in [0.5, 0.6) is 0 Å². The Kier molecular flexibility index (Phi) is 5.09. The molecule has 1 aliphatic heterocycles. The maximum atomic E-state index is 13.5. The second kappa shape index (κ2) is 8.09. The normalized spacial score (nSPS) is 14.3. The van der Waals surface area contributed by atoms with Gasteiger partial charge >= 0.3 is 0 Å². The van der Waals surface area contributed by atoms with Crippen LogP contribution in [0.1, 0.15) is 47.2 Å². The molecule has 0 spiro atoms. The van der Waals surface area contributed by atoms with Gasteiger partial charge in [0.2, 0.25) is 11.6 Å². The Hall–Kier alpha value is -4.13. The van der Waals surface area contributed by atoms with E-state index in [-0.39, 0.29) is 23.4 Å². The number of hydrogen-bond acceptors (Lipinski definition) is 9. The van der Waals surface area contributed by atoms with Gasteiger partial charge in [-0.05, 0) is 31.0 Å². The number of anilines is 1. The molecule has 0 N–H and O–H groups in total. The number of pyridine rings is 1. The van der Waals surface area contributed by atoms with E-state index in [1.165, 1.54) is 6.26 Å². The van der Waals surface area contributed by atoms with Crippen LogP contribution < -0.4 is 4.90 Å². The number of aromatic nitrogens is 3. The van der Waals surface area contributed by atoms with Crippen LogP contribution in [0.15, 0.2) is 37.8 Å². The Balaban J connectivity index is 1.38. The average Bonchev–Trinajstić information content (AvgIpc) is 3.58. The lowest BCUT2D eigenvalue weighted by atomic mass is 10.0. The monoisotopic (exact) mass is 446 g/mol. The molecule has 4 aromatic heterocycles. The number of aryl methyl sites for hydroxylation is 1. The molecule has 1 aliphatic rings. The molecule has 33 heavy (non-hydrogen) atoms. The zero-order valence-corrected chi connectivity index (χ0v) is 18.5. The first-order valence-electron chi connectivity index (χ1n) is 10.7. The minimum atomic E-state index is -0.0930. The van der Waals surface area contributed by atoms with Crippen molar-refractivity contribution in [3.8, 4) is 17.7 Å². The zero-order valence-electron chi connectivity index (χ0n) is 18.5. The summed E-state index contributed by atoms with van der Waals surface area (Å²) < 4.78 is 16.5. The molecule has 0 unspecified atom stereocenters. The topological polar surface area (TPSA) is 125 Å². The summed E-state index contributed by atoms with van der Waals surface area (Å²) >= 11 is 0. The van der Waals surface area contributed by atoms with Gasteiger partial charge in [-0.25, -0.2) is 4.98 Å². The van der Waals surface area contributed by atoms with Gasteiger partial charge in [0.15, 0.2) is 5.76 Å². The summed E-state index contributed by atoms with van der Waals surface area (Å²) in [5.74, 6) is 1.15. The molecule has 0 aromatic carbocycles. The summed E-state index contributed by atoms with van der Waals surface area (Å²) in [5, 5.41) is 14.2. The quantitative estimate of drug-likeness (QED) is 0.461. The minimum absolute atomic E-state index is 0.0930. The van der Waals surface area contributed by atoms with Gasteiger partial charge in [0.25, 0.3) is 17.5 Å². The van der Waals surface area contributed by atoms with Crippen LogP contribution in [-0.2, 0) is 0 Å². The molecular formula is C23H22N6O4. The highest BCUT2D eigenvalue weighted by Gasteiger charge is 2.29. The third-order valence-corrected chi connectivity index (χ3v) is 5.76. The van der Waals surface area contributed by atoms with Gasteiger partial charge in [0.1, 0.15) is 6.07 Å². The smallest absolute Gasteiger partial charge is 0.266 e. The molecule has 1 saturated heterocycles. The number of carbonyl (C=O) groups excluding carboxylic acids is 1. The number of rotatable bonds is 4. The first-order valence-corrected chi connectivity index (χ1v) is 10.7. The standard InChI is InChI=1S/C23H22N6O4/c1-13(2)16-11-15(19-14(3)27-33-21(19)25-16)22(30)28-6-8-29(9-7-28)23-17(12-24)26-20(32-23)18-5-4-10-31-18/h4-5,10-11,13H,6-9H2,1-3H3. The molecule has 4 aromatic rings. The number of hydrogen-bond donors (Lipinski definition) is 0. The number of amides is 1. The molecule has 0 saturated carbocycles. The van der Waals surface area contributed by atoms with E-state index in [9.17, 15) is 10.1 Å². The molecule has 1 fully saturated rings. The van der Waals surface area contributed by atoms with Crippen molar-refractivity contribution in [1.29, 1.82) is 5.26 Å². The Bertz CT molecular complexity index is 1350. The SMILES string of the molecule is Cc1noc2nc(C(C)C)cc(C(=O)N3CCN(c4oc(-c5ccco5)nc4C#N)CC3)c12. The highest BCUT2D eigenvalue weighted by Crippen LogP contribution is 2.30. The third kappa shape index (κ3) is 3.61. The molecule has 0 bridgehead atoms. The van der Waals surface area contributed by atoms with Gasteiger partial charge in [0, 0.05) is 31.9 Å². The molecule has 0 radical (unpaired) electrons. The van der Waals surface area contributed by atoms with E-state index in [0.29, 0.717) is 60.2 Å². The molecule has 168 valence electrons. The maximum Gasteiger partial charge on any atom is 0.266 e. The number of oxazole rings is 1. The van der Waals surface area contributed by atoms with E-state index in [1.54, 1.807) is 24.0 Å². The second-order valence-electron chi connectivity index (χ2n) is 8.24. The minimum Gasteiger partial charge on any atom is -0.459 e. The number of carbonyl (C=O) groups is 1. The highest BCUT2D eigenvalue weighted by molar-refractivity contribution is 6.06. The van der Waals surface area contributed by atoms with Crippen molar-refractivity contribution in [3.63, 3.8) is 0 Å². The lowest BCUT2D eigenvalue weighted by Crippen LogP contribution is -2.49. The van der Waals surface area contributed by atoms with Gasteiger partial charge in [-0.1, -0.05) is 19.0 Å². The van der Waals surface area contributed by atoms with Crippen molar-refractivity contribution in [1.82, 2.24) is 20.0 Å². The van der Waals surface area contributed by atoms with Crippen LogP contribution in [0, 0.1) is 18.3 Å². The number of nitrogens with zero attached hydrogens (tertiary/aromatic N) is 6. The summed E-state index contributed by atoms with van der Waals surface area (Å²) in [4.78, 5) is 25.9. The fraction of sp³-hybridized carbons (Fsp3) is 0.348. The second-order valence-corrected chi connectivity index (χ2v) is 8.24. The van der Waals surface area contributed by atoms with Crippen molar-refractivity contribution in [3.05, 3.63) is 47.1 Å². The van der Waals surface area contributed by atoms with E-state index in [0.717, 1.165) is 5.69 Å². The van der Waals surface area contributed by atoms with E-state index in [1.807, 2.05) is 24.8 Å². The molecule has 0 atom stereocenters. The summed E-state index contributed by atoms with van der Waals surface area (Å²) in [5.41, 5.74) is 2.55. The van der Waals surface area contributed by atoms with Crippen LogP contribution >= 0.6 is 0 Å². The zero-order chi connectivity index (χ0) is 23.1. The molecule has 0 aliphatic carbocycles. The fourth-order valence-electron chi connectivity index (χ4n) is 3.97. The number of fused-ring (bicyclic) bond motifs is 1. The first-order chi connectivity index (χ1) is 16.0. The van der Waals surface area contributed by atoms with Gasteiger partial charge in [-0.15, -0.1) is 0 Å². The predicted octanol–water partition coefficient (Wildman–Crippen LogP) is 3.74. The van der Waals surface area contributed by atoms with E-state index < -0.39 is 0 Å². The summed E-state index contributed by atoms with van der Waals surface area (Å²) in [6.07, 6.45) is 1.52. The molecule has 10 nitrogen and oxygen atoms in total. The van der Waals surface area contributed by atoms with Crippen molar-refractivity contribution in [2.75, 3.05) is 31.1 Å². The number of nitriles is 1. The molecule has 5 heterocycles. The van der Waals surface area contributed by atoms with Crippen molar-refractivity contribution < 1.29 is 18.2 Å². The molecule has 10 heteroatoms. The number of piperazine rings is 1. The van der Waals surface area contributed by atoms with E-state index in [2.05, 4.69) is 21.2 Å². The molecular weight excluding hydrogens is 424 g/mol. The summed E-state index contributed by atoms with van der Waals surface area (Å²) in [6.45, 7) is 7.78. The Morgan fingerprint density at radius 3 is 2.67 bits per heavy atom. The van der Waals surface area contributed by atoms with E-state index >= 15 is 0 Å². The van der Waals surface area contributed by atoms with Crippen molar-refractivity contribution in [2.24, 2.45) is 0 Å². The molecule has 1 amide bonds. The highest BCUT2D eigenvalue weighted by atomic mass is 16.5. The van der Waals surface area contributed by atoms with Crippen molar-refractivity contribution in [2.45, 2.75) is 26.7 Å². The van der Waals surface area contributed by atoms with Gasteiger partial charge in [-0.3, -0.25) is 4.79 Å². The third-order valence-electron chi connectivity index (χ3n) is 5.76. The lowest BCUT2D eigenvalue weighted by Gasteiger charge is -2.34. The summed E-state index contributed by atoms with van der Waals surface area (Å²) in [6, 6.07) is 7.37. The Labute approximate surface area is 189 Å². The van der Waals surface area contributed by atoms with Crippen LogP contribution in [0.3, 0.4) is 0 Å². The van der Waals surface area contributed by atoms with Crippen LogP contribution in [0.25, 0.3) is 22.8 Å². The lowest BCUT2D eigenvalue weighted by molar-refractivity contribution is 0.0747. The van der Waals surface area contributed by atoms with Crippen LogP contribution in [0.4, 0.5) is 5.88 Å². The Morgan fingerprint density at radius 2 is 2.00 bits per heavy atom. The fourth-order valence-corrected chi connectivity index (χ4v) is 3.97. The van der Waals surface area contributed by atoms with Crippen molar-refractivity contribution >= 4 is 22.9 Å². The van der Waals surface area contributed by atoms with Crippen LogP contribution in [0.2, 0.25) is 0 Å². The predicted molar refractivity (Wildman–Crippen MR) is 118 cm³/mol. The molecule has 5 rings (SSSR count). The van der Waals surface area contributed by atoms with E-state index in [4.69, 9.17) is 13.4 Å². The maximum absolute atomic E-state index is 13.5. The largest absolute Gasteiger partial charge is 0.459 e. The average molecular weight is 446 g/mol. The van der Waals surface area contributed by atoms with Crippen LogP contribution in [-0.4, -0.2) is 52.1 Å². The Morgan fingerprint density at radius 1 is 1.21 bits per heavy atom. The summed E-state index contributed by atoms with van der Waals surface area (Å²) in [7, 11) is 0. The van der Waals surface area contributed by atoms with Gasteiger partial charge in [0.05, 0.1) is 22.9 Å². The van der Waals surface area contributed by atoms with Gasteiger partial charge in [-0.2, -0.15) is 10.2 Å². The number of furan rings is 1. The first kappa shape index (κ1) is 20.8. The van der Waals surface area contributed by atoms with Gasteiger partial charge < -0.3 is 23.2 Å².